The number of allylic oxidation sites excluding steroid dienone is 3. The van der Waals surface area contributed by atoms with Crippen LogP contribution in [0.4, 0.5) is 0 Å². The second-order valence-electron chi connectivity index (χ2n) is 7.25. The molecule has 0 N–H and O–H groups in total. The molecule has 0 aromatic carbocycles. The first-order valence-corrected chi connectivity index (χ1v) is 8.84. The zero-order valence-corrected chi connectivity index (χ0v) is 14.4. The lowest BCUT2D eigenvalue weighted by Crippen LogP contribution is -2.14. The maximum Gasteiger partial charge on any atom is -0.0288 e. The van der Waals surface area contributed by atoms with E-state index in [4.69, 9.17) is 0 Å². The first-order chi connectivity index (χ1) is 9.54. The van der Waals surface area contributed by atoms with Crippen molar-refractivity contribution < 1.29 is 0 Å². The lowest BCUT2D eigenvalue weighted by molar-refractivity contribution is 0.293. The average Bonchev–Trinajstić information content (AvgIpc) is 2.71. The molecule has 3 unspecified atom stereocenters. The molecule has 1 aliphatic carbocycles. The topological polar surface area (TPSA) is 0 Å². The molecule has 0 radical (unpaired) electrons. The van der Waals surface area contributed by atoms with E-state index in [0.717, 1.165) is 17.8 Å². The van der Waals surface area contributed by atoms with Gasteiger partial charge in [0.2, 0.25) is 0 Å². The smallest absolute Gasteiger partial charge is 0.0288 e. The van der Waals surface area contributed by atoms with E-state index in [2.05, 4.69) is 40.3 Å². The van der Waals surface area contributed by atoms with Crippen LogP contribution in [0.25, 0.3) is 0 Å². The van der Waals surface area contributed by atoms with Gasteiger partial charge < -0.3 is 0 Å². The summed E-state index contributed by atoms with van der Waals surface area (Å²) in [6.07, 6.45) is 14.6. The Hall–Kier alpha value is -0.520. The van der Waals surface area contributed by atoms with Crippen molar-refractivity contribution >= 4 is 0 Å². The van der Waals surface area contributed by atoms with Crippen LogP contribution in [-0.4, -0.2) is 0 Å². The molecule has 0 amide bonds. The van der Waals surface area contributed by atoms with Crippen molar-refractivity contribution in [3.8, 4) is 0 Å². The highest BCUT2D eigenvalue weighted by atomic mass is 14.4. The Morgan fingerprint density at radius 3 is 2.60 bits per heavy atom. The molecule has 116 valence electrons. The number of rotatable bonds is 9. The molecule has 20 heavy (non-hydrogen) atoms. The summed E-state index contributed by atoms with van der Waals surface area (Å²) in [7, 11) is 0. The fourth-order valence-corrected chi connectivity index (χ4v) is 3.81. The predicted octanol–water partition coefficient (Wildman–Crippen LogP) is 6.92. The van der Waals surface area contributed by atoms with Gasteiger partial charge in [0.15, 0.2) is 0 Å². The monoisotopic (exact) mass is 276 g/mol. The fourth-order valence-electron chi connectivity index (χ4n) is 3.81. The number of unbranched alkanes of at least 4 members (excludes halogenated alkanes) is 2. The molecular formula is C20H36. The van der Waals surface area contributed by atoms with Crippen molar-refractivity contribution in [2.75, 3.05) is 0 Å². The van der Waals surface area contributed by atoms with Gasteiger partial charge in [-0.1, -0.05) is 63.3 Å². The van der Waals surface area contributed by atoms with Crippen molar-refractivity contribution in [2.45, 2.75) is 85.5 Å². The molecule has 1 rings (SSSR count). The van der Waals surface area contributed by atoms with E-state index in [1.165, 1.54) is 68.9 Å². The summed E-state index contributed by atoms with van der Waals surface area (Å²) in [5.74, 6) is 2.85. The molecule has 0 heterocycles. The van der Waals surface area contributed by atoms with Crippen LogP contribution >= 0.6 is 0 Å². The summed E-state index contributed by atoms with van der Waals surface area (Å²) in [6, 6.07) is 0. The molecule has 0 bridgehead atoms. The van der Waals surface area contributed by atoms with Crippen molar-refractivity contribution in [1.82, 2.24) is 0 Å². The lowest BCUT2D eigenvalue weighted by Gasteiger charge is -2.23. The van der Waals surface area contributed by atoms with Crippen LogP contribution in [0.5, 0.6) is 0 Å². The summed E-state index contributed by atoms with van der Waals surface area (Å²) in [5, 5.41) is 0. The van der Waals surface area contributed by atoms with Gasteiger partial charge in [0, 0.05) is 0 Å². The molecule has 0 nitrogen and oxygen atoms in total. The summed E-state index contributed by atoms with van der Waals surface area (Å²) < 4.78 is 0. The maximum absolute atomic E-state index is 4.34. The minimum absolute atomic E-state index is 0.932. The normalized spacial score (nSPS) is 25.7. The Balaban J connectivity index is 2.36. The van der Waals surface area contributed by atoms with Gasteiger partial charge in [-0.15, -0.1) is 0 Å². The van der Waals surface area contributed by atoms with Gasteiger partial charge in [0.05, 0.1) is 0 Å². The first-order valence-electron chi connectivity index (χ1n) is 8.84. The lowest BCUT2D eigenvalue weighted by atomic mass is 9.82. The van der Waals surface area contributed by atoms with Crippen molar-refractivity contribution in [3.63, 3.8) is 0 Å². The minimum atomic E-state index is 0.932. The van der Waals surface area contributed by atoms with Gasteiger partial charge in [-0.2, -0.15) is 0 Å². The zero-order chi connectivity index (χ0) is 15.0. The van der Waals surface area contributed by atoms with Crippen molar-refractivity contribution in [3.05, 3.63) is 23.8 Å². The van der Waals surface area contributed by atoms with Gasteiger partial charge >= 0.3 is 0 Å². The van der Waals surface area contributed by atoms with Crippen LogP contribution in [0.15, 0.2) is 23.8 Å². The summed E-state index contributed by atoms with van der Waals surface area (Å²) >= 11 is 0. The highest BCUT2D eigenvalue weighted by Crippen LogP contribution is 2.43. The van der Waals surface area contributed by atoms with E-state index in [1.807, 2.05) is 0 Å². The molecule has 1 saturated carbocycles. The second-order valence-corrected chi connectivity index (χ2v) is 7.25. The minimum Gasteiger partial charge on any atom is -0.0998 e. The summed E-state index contributed by atoms with van der Waals surface area (Å²) in [6.45, 7) is 13.5. The highest BCUT2D eigenvalue weighted by molar-refractivity contribution is 5.02. The number of hydrogen-bond acceptors (Lipinski definition) is 0. The van der Waals surface area contributed by atoms with Crippen LogP contribution in [0.3, 0.4) is 0 Å². The fraction of sp³-hybridized carbons (Fsp3) is 0.800. The number of hydrogen-bond donors (Lipinski definition) is 0. The summed E-state index contributed by atoms with van der Waals surface area (Å²) in [5.41, 5.74) is 2.92. The van der Waals surface area contributed by atoms with Gasteiger partial charge in [0.1, 0.15) is 0 Å². The van der Waals surface area contributed by atoms with Crippen LogP contribution in [0.1, 0.15) is 85.5 Å². The SMILES string of the molecule is C=C(CCC=C(C)C)CC1CCC(C)C1CCCCC. The van der Waals surface area contributed by atoms with E-state index in [1.54, 1.807) is 0 Å². The van der Waals surface area contributed by atoms with Crippen LogP contribution in [0, 0.1) is 17.8 Å². The Kier molecular flexibility index (Phi) is 8.26. The summed E-state index contributed by atoms with van der Waals surface area (Å²) in [4.78, 5) is 0. The molecule has 0 aromatic rings. The quantitative estimate of drug-likeness (QED) is 0.316. The van der Waals surface area contributed by atoms with Crippen molar-refractivity contribution in [1.29, 1.82) is 0 Å². The molecule has 1 fully saturated rings. The Labute approximate surface area is 127 Å². The third kappa shape index (κ3) is 6.29. The largest absolute Gasteiger partial charge is 0.0998 e. The Morgan fingerprint density at radius 1 is 1.20 bits per heavy atom. The zero-order valence-electron chi connectivity index (χ0n) is 14.4. The second kappa shape index (κ2) is 9.42. The standard InChI is InChI=1S/C20H36/c1-6-7-8-12-20-18(5)13-14-19(20)15-17(4)11-9-10-16(2)3/h10,18-20H,4,6-9,11-15H2,1-3,5H3. The molecule has 3 atom stereocenters. The molecular weight excluding hydrogens is 240 g/mol. The van der Waals surface area contributed by atoms with Crippen LogP contribution < -0.4 is 0 Å². The maximum atomic E-state index is 4.34. The molecule has 0 spiro atoms. The van der Waals surface area contributed by atoms with E-state index in [-0.39, 0.29) is 0 Å². The molecule has 0 heteroatoms. The third-order valence-corrected chi connectivity index (χ3v) is 5.07. The predicted molar refractivity (Wildman–Crippen MR) is 91.9 cm³/mol. The Bertz CT molecular complexity index is 306. The van der Waals surface area contributed by atoms with Gasteiger partial charge in [-0.3, -0.25) is 0 Å². The van der Waals surface area contributed by atoms with E-state index in [0.29, 0.717) is 0 Å². The molecule has 1 aliphatic rings. The molecule has 0 saturated heterocycles. The molecule has 0 aromatic heterocycles. The van der Waals surface area contributed by atoms with Crippen LogP contribution in [0.2, 0.25) is 0 Å². The van der Waals surface area contributed by atoms with Crippen LogP contribution in [-0.2, 0) is 0 Å². The van der Waals surface area contributed by atoms with Gasteiger partial charge in [-0.25, -0.2) is 0 Å². The Morgan fingerprint density at radius 2 is 1.95 bits per heavy atom. The average molecular weight is 277 g/mol. The third-order valence-electron chi connectivity index (χ3n) is 5.07. The molecule has 0 aliphatic heterocycles. The van der Waals surface area contributed by atoms with E-state index < -0.39 is 0 Å². The first kappa shape index (κ1) is 17.5. The van der Waals surface area contributed by atoms with E-state index >= 15 is 0 Å². The van der Waals surface area contributed by atoms with E-state index in [9.17, 15) is 0 Å². The van der Waals surface area contributed by atoms with Gasteiger partial charge in [0.25, 0.3) is 0 Å². The van der Waals surface area contributed by atoms with Gasteiger partial charge in [-0.05, 0) is 63.7 Å². The highest BCUT2D eigenvalue weighted by Gasteiger charge is 2.32. The van der Waals surface area contributed by atoms with Crippen molar-refractivity contribution in [2.24, 2.45) is 17.8 Å².